The maximum atomic E-state index is 5.39. The largest absolute Gasteiger partial charge is 0.378 e. The van der Waals surface area contributed by atoms with Gasteiger partial charge in [0.1, 0.15) is 0 Å². The minimum absolute atomic E-state index is 0.570. The van der Waals surface area contributed by atoms with Crippen LogP contribution in [0.4, 0.5) is 0 Å². The van der Waals surface area contributed by atoms with Crippen LogP contribution in [0.3, 0.4) is 0 Å². The van der Waals surface area contributed by atoms with Crippen molar-refractivity contribution in [3.63, 3.8) is 0 Å². The van der Waals surface area contributed by atoms with Crippen LogP contribution >= 0.6 is 22.6 Å². The molecule has 0 aromatic heterocycles. The Morgan fingerprint density at radius 1 is 0.522 bits per heavy atom. The second-order valence-electron chi connectivity index (χ2n) is 4.47. The summed E-state index contributed by atoms with van der Waals surface area (Å²) >= 11 is 2.28. The van der Waals surface area contributed by atoms with Gasteiger partial charge in [-0.05, 0) is 7.05 Å². The van der Waals surface area contributed by atoms with E-state index in [1.807, 2.05) is 7.05 Å². The van der Waals surface area contributed by atoms with Crippen molar-refractivity contribution in [3.05, 3.63) is 0 Å². The minimum Gasteiger partial charge on any atom is -0.378 e. The number of alkyl halides is 1. The van der Waals surface area contributed by atoms with Gasteiger partial charge in [-0.15, -0.1) is 0 Å². The van der Waals surface area contributed by atoms with Gasteiger partial charge in [-0.1, -0.05) is 22.6 Å². The molecule has 0 aromatic carbocycles. The first-order valence-electron chi connectivity index (χ1n) is 8.08. The second-order valence-corrected chi connectivity index (χ2v) is 5.55. The zero-order valence-electron chi connectivity index (χ0n) is 14.2. The molecule has 0 saturated carbocycles. The van der Waals surface area contributed by atoms with Crippen LogP contribution in [0.15, 0.2) is 0 Å². The summed E-state index contributed by atoms with van der Waals surface area (Å²) in [7, 11) is 1.90. The quantitative estimate of drug-likeness (QED) is 0.167. The van der Waals surface area contributed by atoms with Crippen molar-refractivity contribution in [1.29, 1.82) is 0 Å². The van der Waals surface area contributed by atoms with Gasteiger partial charge in [0.05, 0.1) is 79.3 Å². The molecule has 7 nitrogen and oxygen atoms in total. The molecule has 0 heterocycles. The molecule has 8 heteroatoms. The Kier molecular flexibility index (Phi) is 22.9. The Morgan fingerprint density at radius 2 is 0.826 bits per heavy atom. The smallest absolute Gasteiger partial charge is 0.0701 e. The van der Waals surface area contributed by atoms with Crippen LogP contribution in [0.1, 0.15) is 0 Å². The third kappa shape index (κ3) is 22.4. The van der Waals surface area contributed by atoms with E-state index < -0.39 is 0 Å². The van der Waals surface area contributed by atoms with Gasteiger partial charge < -0.3 is 33.7 Å². The summed E-state index contributed by atoms with van der Waals surface area (Å²) < 4.78 is 33.1. The maximum absolute atomic E-state index is 5.39. The van der Waals surface area contributed by atoms with E-state index in [1.165, 1.54) is 0 Å². The molecular weight excluding hydrogens is 417 g/mol. The normalized spacial score (nSPS) is 11.2. The van der Waals surface area contributed by atoms with Crippen molar-refractivity contribution in [1.82, 2.24) is 5.32 Å². The molecule has 0 saturated heterocycles. The molecule has 0 spiro atoms. The molecule has 0 rings (SSSR count). The van der Waals surface area contributed by atoms with Gasteiger partial charge >= 0.3 is 0 Å². The Bertz CT molecular complexity index is 194. The van der Waals surface area contributed by atoms with Gasteiger partial charge in [-0.25, -0.2) is 0 Å². The van der Waals surface area contributed by atoms with Crippen molar-refractivity contribution >= 4 is 22.6 Å². The molecule has 0 radical (unpaired) electrons. The van der Waals surface area contributed by atoms with E-state index in [0.717, 1.165) is 17.6 Å². The molecule has 0 amide bonds. The van der Waals surface area contributed by atoms with Gasteiger partial charge in [0.25, 0.3) is 0 Å². The molecule has 0 aliphatic rings. The van der Waals surface area contributed by atoms with Gasteiger partial charge in [0.2, 0.25) is 0 Å². The third-order valence-electron chi connectivity index (χ3n) is 2.58. The van der Waals surface area contributed by atoms with Crippen molar-refractivity contribution < 1.29 is 28.4 Å². The standard InChI is InChI=1S/C15H32INO6/c1-17-3-5-19-7-9-21-11-13-23-15-14-22-12-10-20-8-6-18-4-2-16/h17H,2-15H2,1H3. The summed E-state index contributed by atoms with van der Waals surface area (Å²) in [5, 5.41) is 3.01. The molecule has 0 atom stereocenters. The summed E-state index contributed by atoms with van der Waals surface area (Å²) in [4.78, 5) is 0. The van der Waals surface area contributed by atoms with E-state index in [2.05, 4.69) is 27.9 Å². The van der Waals surface area contributed by atoms with Crippen LogP contribution in [-0.2, 0) is 28.4 Å². The number of likely N-dealkylation sites (N-methyl/N-ethyl adjacent to an activating group) is 1. The molecular formula is C15H32INO6. The van der Waals surface area contributed by atoms with Crippen LogP contribution in [0.5, 0.6) is 0 Å². The van der Waals surface area contributed by atoms with Gasteiger partial charge in [-0.3, -0.25) is 0 Å². The highest BCUT2D eigenvalue weighted by Gasteiger charge is 1.93. The fourth-order valence-corrected chi connectivity index (χ4v) is 1.74. The summed E-state index contributed by atoms with van der Waals surface area (Å²) in [6.45, 7) is 8.30. The highest BCUT2D eigenvalue weighted by Crippen LogP contribution is 1.85. The second kappa shape index (κ2) is 22.4. The van der Waals surface area contributed by atoms with Crippen molar-refractivity contribution in [2.45, 2.75) is 0 Å². The zero-order chi connectivity index (χ0) is 16.8. The fraction of sp³-hybridized carbons (Fsp3) is 1.00. The number of hydrogen-bond acceptors (Lipinski definition) is 7. The monoisotopic (exact) mass is 449 g/mol. The Hall–Kier alpha value is 0.450. The van der Waals surface area contributed by atoms with Crippen LogP contribution < -0.4 is 5.32 Å². The summed E-state index contributed by atoms with van der Waals surface area (Å²) in [5.41, 5.74) is 0. The van der Waals surface area contributed by atoms with E-state index in [0.29, 0.717) is 72.7 Å². The van der Waals surface area contributed by atoms with Gasteiger partial charge in [0, 0.05) is 11.0 Å². The molecule has 0 unspecified atom stereocenters. The van der Waals surface area contributed by atoms with Gasteiger partial charge in [-0.2, -0.15) is 0 Å². The molecule has 140 valence electrons. The van der Waals surface area contributed by atoms with E-state index in [1.54, 1.807) is 0 Å². The molecule has 0 aliphatic carbocycles. The average Bonchev–Trinajstić information content (AvgIpc) is 2.57. The summed E-state index contributed by atoms with van der Waals surface area (Å²) in [6, 6.07) is 0. The Morgan fingerprint density at radius 3 is 1.13 bits per heavy atom. The Labute approximate surface area is 153 Å². The van der Waals surface area contributed by atoms with Gasteiger partial charge in [0.15, 0.2) is 0 Å². The van der Waals surface area contributed by atoms with E-state index in [4.69, 9.17) is 28.4 Å². The molecule has 1 N–H and O–H groups in total. The maximum Gasteiger partial charge on any atom is 0.0701 e. The average molecular weight is 449 g/mol. The topological polar surface area (TPSA) is 67.4 Å². The van der Waals surface area contributed by atoms with Crippen LogP contribution in [-0.4, -0.2) is 97.3 Å². The lowest BCUT2D eigenvalue weighted by Gasteiger charge is -2.08. The van der Waals surface area contributed by atoms with E-state index in [-0.39, 0.29) is 0 Å². The number of rotatable bonds is 20. The van der Waals surface area contributed by atoms with Crippen molar-refractivity contribution in [2.24, 2.45) is 0 Å². The van der Waals surface area contributed by atoms with Crippen molar-refractivity contribution in [2.75, 3.05) is 97.3 Å². The number of nitrogens with one attached hydrogen (secondary N) is 1. The summed E-state index contributed by atoms with van der Waals surface area (Å²) in [5.74, 6) is 0. The first-order valence-corrected chi connectivity index (χ1v) is 9.61. The number of halogens is 1. The van der Waals surface area contributed by atoms with Crippen LogP contribution in [0.25, 0.3) is 0 Å². The molecule has 0 fully saturated rings. The van der Waals surface area contributed by atoms with E-state index >= 15 is 0 Å². The SMILES string of the molecule is CNCCOCCOCCOCCOCCOCCOCCI. The molecule has 23 heavy (non-hydrogen) atoms. The highest BCUT2D eigenvalue weighted by atomic mass is 127. The molecule has 0 aromatic rings. The fourth-order valence-electron chi connectivity index (χ4n) is 1.43. The predicted molar refractivity (Wildman–Crippen MR) is 97.7 cm³/mol. The minimum atomic E-state index is 0.570. The lowest BCUT2D eigenvalue weighted by atomic mass is 10.6. The third-order valence-corrected chi connectivity index (χ3v) is 3.02. The predicted octanol–water partition coefficient (Wildman–Crippen LogP) is 0.740. The lowest BCUT2D eigenvalue weighted by molar-refractivity contribution is -0.0158. The van der Waals surface area contributed by atoms with Crippen LogP contribution in [0, 0.1) is 0 Å². The summed E-state index contributed by atoms with van der Waals surface area (Å²) in [6.07, 6.45) is 0. The van der Waals surface area contributed by atoms with Crippen molar-refractivity contribution in [3.8, 4) is 0 Å². The first-order chi connectivity index (χ1) is 11.4. The zero-order valence-corrected chi connectivity index (χ0v) is 16.4. The first kappa shape index (κ1) is 23.4. The molecule has 0 bridgehead atoms. The lowest BCUT2D eigenvalue weighted by Crippen LogP contribution is -2.17. The highest BCUT2D eigenvalue weighted by molar-refractivity contribution is 14.1. The number of ether oxygens (including phenoxy) is 6. The van der Waals surface area contributed by atoms with Crippen LogP contribution in [0.2, 0.25) is 0 Å². The Balaban J connectivity index is 2.92. The number of hydrogen-bond donors (Lipinski definition) is 1. The van der Waals surface area contributed by atoms with E-state index in [9.17, 15) is 0 Å². The molecule has 0 aliphatic heterocycles.